The first-order valence-corrected chi connectivity index (χ1v) is 2.08. The van der Waals surface area contributed by atoms with Gasteiger partial charge >= 0.3 is 0 Å². The van der Waals surface area contributed by atoms with E-state index in [1.165, 1.54) is 12.8 Å². The Balaban J connectivity index is 0. The molecule has 0 unspecified atom stereocenters. The third-order valence-electron chi connectivity index (χ3n) is 0.827. The number of halogens is 1. The van der Waals surface area contributed by atoms with Crippen molar-refractivity contribution in [2.24, 2.45) is 0 Å². The third kappa shape index (κ3) is 5.07. The SMILES string of the molecule is C1CCOC1.I.[Cu]. The van der Waals surface area contributed by atoms with Gasteiger partial charge in [0.2, 0.25) is 0 Å². The maximum Gasteiger partial charge on any atom is 0.0466 e. The average Bonchev–Trinajstić information content (AvgIpc) is 1.76. The van der Waals surface area contributed by atoms with E-state index in [1.54, 1.807) is 0 Å². The molecule has 0 aromatic heterocycles. The summed E-state index contributed by atoms with van der Waals surface area (Å²) in [7, 11) is 0. The van der Waals surface area contributed by atoms with E-state index >= 15 is 0 Å². The Kier molecular flexibility index (Phi) is 11.4. The number of hydrogen-bond acceptors (Lipinski definition) is 1. The van der Waals surface area contributed by atoms with Crippen molar-refractivity contribution in [3.63, 3.8) is 0 Å². The summed E-state index contributed by atoms with van der Waals surface area (Å²) in [5.74, 6) is 0. The topological polar surface area (TPSA) is 9.23 Å². The Morgan fingerprint density at radius 1 is 1.00 bits per heavy atom. The predicted octanol–water partition coefficient (Wildman–Crippen LogP) is 1.41. The first-order chi connectivity index (χ1) is 2.50. The molecule has 1 aliphatic rings. The Labute approximate surface area is 71.7 Å². The second-order valence-corrected chi connectivity index (χ2v) is 1.32. The van der Waals surface area contributed by atoms with Gasteiger partial charge in [0.05, 0.1) is 0 Å². The van der Waals surface area contributed by atoms with Gasteiger partial charge in [-0.1, -0.05) is 0 Å². The minimum atomic E-state index is 0. The molecule has 0 atom stereocenters. The van der Waals surface area contributed by atoms with Crippen LogP contribution in [-0.4, -0.2) is 13.2 Å². The van der Waals surface area contributed by atoms with Gasteiger partial charge in [-0.05, 0) is 12.8 Å². The fraction of sp³-hybridized carbons (Fsp3) is 1.00. The standard InChI is InChI=1S/C4H8O.Cu.HI/c1-2-4-5-3-1;;/h1-4H2;;1H. The number of rotatable bonds is 0. The van der Waals surface area contributed by atoms with Crippen LogP contribution in [-0.2, 0) is 21.8 Å². The summed E-state index contributed by atoms with van der Waals surface area (Å²) in [6.07, 6.45) is 2.56. The van der Waals surface area contributed by atoms with Crippen LogP contribution in [0.5, 0.6) is 0 Å². The van der Waals surface area contributed by atoms with Crippen LogP contribution >= 0.6 is 24.0 Å². The van der Waals surface area contributed by atoms with E-state index < -0.39 is 0 Å². The summed E-state index contributed by atoms with van der Waals surface area (Å²) in [5, 5.41) is 0. The van der Waals surface area contributed by atoms with Crippen molar-refractivity contribution in [1.29, 1.82) is 0 Å². The Morgan fingerprint density at radius 3 is 1.57 bits per heavy atom. The minimum Gasteiger partial charge on any atom is -0.381 e. The van der Waals surface area contributed by atoms with Gasteiger partial charge < -0.3 is 4.74 Å². The summed E-state index contributed by atoms with van der Waals surface area (Å²) in [6, 6.07) is 0. The van der Waals surface area contributed by atoms with Crippen LogP contribution in [0.3, 0.4) is 0 Å². The zero-order valence-corrected chi connectivity index (χ0v) is 7.22. The molecule has 0 saturated carbocycles. The molecule has 1 rings (SSSR count). The van der Waals surface area contributed by atoms with E-state index in [9.17, 15) is 0 Å². The third-order valence-corrected chi connectivity index (χ3v) is 0.827. The molecule has 1 nitrogen and oxygen atoms in total. The van der Waals surface area contributed by atoms with Crippen molar-refractivity contribution in [3.8, 4) is 0 Å². The van der Waals surface area contributed by atoms with Crippen molar-refractivity contribution in [1.82, 2.24) is 0 Å². The van der Waals surface area contributed by atoms with Crippen LogP contribution in [0.25, 0.3) is 0 Å². The number of ether oxygens (including phenoxy) is 1. The van der Waals surface area contributed by atoms with Gasteiger partial charge in [-0.15, -0.1) is 24.0 Å². The molecule has 0 bridgehead atoms. The van der Waals surface area contributed by atoms with E-state index in [0.29, 0.717) is 0 Å². The van der Waals surface area contributed by atoms with Crippen molar-refractivity contribution >= 4 is 24.0 Å². The van der Waals surface area contributed by atoms with Gasteiger partial charge in [0.25, 0.3) is 0 Å². The Bertz CT molecular complexity index is 23.3. The monoisotopic (exact) mass is 263 g/mol. The maximum atomic E-state index is 4.94. The van der Waals surface area contributed by atoms with E-state index in [-0.39, 0.29) is 41.0 Å². The quantitative estimate of drug-likeness (QED) is 0.474. The molecule has 0 N–H and O–H groups in total. The average molecular weight is 264 g/mol. The van der Waals surface area contributed by atoms with Crippen molar-refractivity contribution in [3.05, 3.63) is 0 Å². The molecule has 0 aromatic carbocycles. The van der Waals surface area contributed by atoms with E-state index in [0.717, 1.165) is 13.2 Å². The normalized spacial score (nSPS) is 17.1. The van der Waals surface area contributed by atoms with Crippen LogP contribution in [0, 0.1) is 0 Å². The molecule has 0 amide bonds. The molecule has 1 aliphatic heterocycles. The van der Waals surface area contributed by atoms with Crippen LogP contribution in [0.4, 0.5) is 0 Å². The molecule has 0 aromatic rings. The fourth-order valence-corrected chi connectivity index (χ4v) is 0.510. The van der Waals surface area contributed by atoms with Crippen LogP contribution in [0.15, 0.2) is 0 Å². The van der Waals surface area contributed by atoms with E-state index in [4.69, 9.17) is 4.74 Å². The zero-order valence-electron chi connectivity index (χ0n) is 3.95. The molecule has 1 heterocycles. The van der Waals surface area contributed by atoms with Gasteiger partial charge in [0.1, 0.15) is 0 Å². The predicted molar refractivity (Wildman–Crippen MR) is 35.5 cm³/mol. The molecule has 1 fully saturated rings. The second-order valence-electron chi connectivity index (χ2n) is 1.32. The van der Waals surface area contributed by atoms with Gasteiger partial charge in [-0.2, -0.15) is 0 Å². The summed E-state index contributed by atoms with van der Waals surface area (Å²) in [5.41, 5.74) is 0. The zero-order chi connectivity index (χ0) is 3.54. The van der Waals surface area contributed by atoms with Crippen LogP contribution in [0.2, 0.25) is 0 Å². The van der Waals surface area contributed by atoms with Gasteiger partial charge in [-0.25, -0.2) is 0 Å². The molecule has 49 valence electrons. The largest absolute Gasteiger partial charge is 0.381 e. The summed E-state index contributed by atoms with van der Waals surface area (Å²) in [6.45, 7) is 2.00. The Hall–Kier alpha value is 1.21. The molecule has 3 heteroatoms. The van der Waals surface area contributed by atoms with Crippen molar-refractivity contribution in [2.75, 3.05) is 13.2 Å². The van der Waals surface area contributed by atoms with Gasteiger partial charge in [-0.3, -0.25) is 0 Å². The molecule has 7 heavy (non-hydrogen) atoms. The summed E-state index contributed by atoms with van der Waals surface area (Å²) in [4.78, 5) is 0. The molecular formula is C4H9CuIO. The van der Waals surface area contributed by atoms with E-state index in [2.05, 4.69) is 0 Å². The van der Waals surface area contributed by atoms with Crippen molar-refractivity contribution < 1.29 is 21.8 Å². The fourth-order valence-electron chi connectivity index (χ4n) is 0.510. The maximum absolute atomic E-state index is 4.94. The molecular weight excluding hydrogens is 254 g/mol. The van der Waals surface area contributed by atoms with Crippen LogP contribution in [0.1, 0.15) is 12.8 Å². The summed E-state index contributed by atoms with van der Waals surface area (Å²) >= 11 is 0. The number of hydrogen-bond donors (Lipinski definition) is 0. The van der Waals surface area contributed by atoms with Gasteiger partial charge in [0, 0.05) is 30.3 Å². The second kappa shape index (κ2) is 7.21. The smallest absolute Gasteiger partial charge is 0.0466 e. The first-order valence-electron chi connectivity index (χ1n) is 2.08. The summed E-state index contributed by atoms with van der Waals surface area (Å²) < 4.78 is 4.94. The molecule has 0 aliphatic carbocycles. The molecule has 1 radical (unpaired) electrons. The molecule has 1 saturated heterocycles. The van der Waals surface area contributed by atoms with Gasteiger partial charge in [0.15, 0.2) is 0 Å². The minimum absolute atomic E-state index is 0. The van der Waals surface area contributed by atoms with E-state index in [1.807, 2.05) is 0 Å². The van der Waals surface area contributed by atoms with Crippen molar-refractivity contribution in [2.45, 2.75) is 12.8 Å². The van der Waals surface area contributed by atoms with Crippen LogP contribution < -0.4 is 0 Å². The first kappa shape index (κ1) is 11.1. The Morgan fingerprint density at radius 2 is 1.43 bits per heavy atom. The molecule has 0 spiro atoms.